The maximum Gasteiger partial charge on any atom is 0.268 e. The standard InChI is InChI=1S/C16H14ClN3O2S2/c1-20(16(22)10-7-9(23-2)3-4-11(10)17)8-13-18-12-5-6-24-14(12)15(21)19-13/h3-7H,8H2,1-2H3,(H,18,19,21). The summed E-state index contributed by atoms with van der Waals surface area (Å²) in [6.45, 7) is 0.194. The number of carbonyl (C=O) groups excluding carboxylic acids is 1. The van der Waals surface area contributed by atoms with Gasteiger partial charge < -0.3 is 9.88 Å². The molecule has 0 aliphatic rings. The molecule has 0 saturated heterocycles. The van der Waals surface area contributed by atoms with Crippen LogP contribution in [0.3, 0.4) is 0 Å². The van der Waals surface area contributed by atoms with Crippen molar-refractivity contribution in [2.24, 2.45) is 0 Å². The summed E-state index contributed by atoms with van der Waals surface area (Å²) in [6.07, 6.45) is 1.94. The lowest BCUT2D eigenvalue weighted by atomic mass is 10.2. The number of carbonyl (C=O) groups is 1. The monoisotopic (exact) mass is 379 g/mol. The molecular weight excluding hydrogens is 366 g/mol. The number of thioether (sulfide) groups is 1. The van der Waals surface area contributed by atoms with E-state index in [1.807, 2.05) is 17.7 Å². The van der Waals surface area contributed by atoms with Crippen molar-refractivity contribution >= 4 is 50.8 Å². The van der Waals surface area contributed by atoms with E-state index in [9.17, 15) is 9.59 Å². The number of aromatic nitrogens is 2. The van der Waals surface area contributed by atoms with Crippen LogP contribution in [-0.2, 0) is 6.54 Å². The molecule has 0 fully saturated rings. The summed E-state index contributed by atoms with van der Waals surface area (Å²) < 4.78 is 0.587. The fourth-order valence-electron chi connectivity index (χ4n) is 2.29. The minimum absolute atomic E-state index is 0.187. The SMILES string of the molecule is CSc1ccc(Cl)c(C(=O)N(C)Cc2nc3ccsc3c(=O)[nH]2)c1. The molecule has 8 heteroatoms. The number of amides is 1. The van der Waals surface area contributed by atoms with Crippen LogP contribution in [0.5, 0.6) is 0 Å². The second-order valence-corrected chi connectivity index (χ2v) is 7.36. The van der Waals surface area contributed by atoms with Crippen LogP contribution in [0.2, 0.25) is 5.02 Å². The highest BCUT2D eigenvalue weighted by Gasteiger charge is 2.17. The predicted octanol–water partition coefficient (Wildman–Crippen LogP) is 3.63. The Morgan fingerprint density at radius 3 is 2.96 bits per heavy atom. The highest BCUT2D eigenvalue weighted by molar-refractivity contribution is 7.98. The second kappa shape index (κ2) is 6.96. The van der Waals surface area contributed by atoms with E-state index in [-0.39, 0.29) is 18.0 Å². The summed E-state index contributed by atoms with van der Waals surface area (Å²) in [4.78, 5) is 34.2. The number of benzene rings is 1. The normalized spacial score (nSPS) is 11.0. The summed E-state index contributed by atoms with van der Waals surface area (Å²) in [5, 5.41) is 2.22. The number of fused-ring (bicyclic) bond motifs is 1. The van der Waals surface area contributed by atoms with E-state index in [0.717, 1.165) is 4.90 Å². The topological polar surface area (TPSA) is 66.1 Å². The maximum absolute atomic E-state index is 12.7. The van der Waals surface area contributed by atoms with Gasteiger partial charge in [0.15, 0.2) is 0 Å². The smallest absolute Gasteiger partial charge is 0.268 e. The molecule has 2 heterocycles. The average molecular weight is 380 g/mol. The van der Waals surface area contributed by atoms with Gasteiger partial charge in [0.2, 0.25) is 0 Å². The van der Waals surface area contributed by atoms with E-state index in [1.54, 1.807) is 37.0 Å². The van der Waals surface area contributed by atoms with Gasteiger partial charge in [0.25, 0.3) is 11.5 Å². The Morgan fingerprint density at radius 1 is 1.42 bits per heavy atom. The molecule has 3 rings (SSSR count). The molecule has 0 aliphatic heterocycles. The first-order chi connectivity index (χ1) is 11.5. The van der Waals surface area contributed by atoms with E-state index in [0.29, 0.717) is 26.6 Å². The molecule has 0 spiro atoms. The van der Waals surface area contributed by atoms with Crippen LogP contribution in [0, 0.1) is 0 Å². The van der Waals surface area contributed by atoms with Crippen LogP contribution < -0.4 is 5.56 Å². The molecule has 0 atom stereocenters. The molecule has 124 valence electrons. The Morgan fingerprint density at radius 2 is 2.21 bits per heavy atom. The van der Waals surface area contributed by atoms with Gasteiger partial charge in [-0.15, -0.1) is 23.1 Å². The zero-order valence-corrected chi connectivity index (χ0v) is 15.4. The molecule has 0 saturated carbocycles. The number of nitrogens with zero attached hydrogens (tertiary/aromatic N) is 2. The largest absolute Gasteiger partial charge is 0.334 e. The maximum atomic E-state index is 12.7. The third-order valence-corrected chi connectivity index (χ3v) is 5.46. The zero-order chi connectivity index (χ0) is 17.3. The molecule has 0 bridgehead atoms. The lowest BCUT2D eigenvalue weighted by Gasteiger charge is -2.17. The van der Waals surface area contributed by atoms with Gasteiger partial charge in [0.05, 0.1) is 22.6 Å². The Balaban J connectivity index is 1.86. The first-order valence-corrected chi connectivity index (χ1v) is 9.53. The van der Waals surface area contributed by atoms with E-state index < -0.39 is 0 Å². The Bertz CT molecular complexity index is 967. The van der Waals surface area contributed by atoms with Crippen molar-refractivity contribution in [1.82, 2.24) is 14.9 Å². The molecule has 5 nitrogen and oxygen atoms in total. The molecule has 1 N–H and O–H groups in total. The van der Waals surface area contributed by atoms with Crippen molar-refractivity contribution in [3.8, 4) is 0 Å². The summed E-state index contributed by atoms with van der Waals surface area (Å²) >= 11 is 9.04. The summed E-state index contributed by atoms with van der Waals surface area (Å²) in [6, 6.07) is 7.14. The molecule has 2 aromatic heterocycles. The Kier molecular flexibility index (Phi) is 4.93. The van der Waals surface area contributed by atoms with Gasteiger partial charge >= 0.3 is 0 Å². The van der Waals surface area contributed by atoms with Gasteiger partial charge in [-0.25, -0.2) is 4.98 Å². The number of aromatic amines is 1. The first kappa shape index (κ1) is 17.0. The van der Waals surface area contributed by atoms with Gasteiger partial charge in [-0.05, 0) is 35.9 Å². The van der Waals surface area contributed by atoms with Crippen LogP contribution in [0.1, 0.15) is 16.2 Å². The molecule has 0 aliphatic carbocycles. The highest BCUT2D eigenvalue weighted by Crippen LogP contribution is 2.24. The van der Waals surface area contributed by atoms with Crippen molar-refractivity contribution in [3.63, 3.8) is 0 Å². The van der Waals surface area contributed by atoms with Gasteiger partial charge in [0, 0.05) is 11.9 Å². The van der Waals surface area contributed by atoms with E-state index in [4.69, 9.17) is 11.6 Å². The molecule has 1 amide bonds. The van der Waals surface area contributed by atoms with Gasteiger partial charge in [-0.1, -0.05) is 11.6 Å². The quantitative estimate of drug-likeness (QED) is 0.703. The van der Waals surface area contributed by atoms with Crippen LogP contribution >= 0.6 is 34.7 Å². The Labute approximate surface area is 151 Å². The molecule has 0 unspecified atom stereocenters. The number of thiophene rings is 1. The molecule has 3 aromatic rings. The predicted molar refractivity (Wildman–Crippen MR) is 99.3 cm³/mol. The van der Waals surface area contributed by atoms with E-state index in [1.165, 1.54) is 16.2 Å². The first-order valence-electron chi connectivity index (χ1n) is 7.05. The minimum Gasteiger partial charge on any atom is -0.334 e. The van der Waals surface area contributed by atoms with Crippen LogP contribution in [0.15, 0.2) is 39.3 Å². The number of halogens is 1. The number of nitrogens with one attached hydrogen (secondary N) is 1. The van der Waals surface area contributed by atoms with Gasteiger partial charge in [0.1, 0.15) is 10.5 Å². The van der Waals surface area contributed by atoms with Crippen molar-refractivity contribution in [1.29, 1.82) is 0 Å². The third-order valence-electron chi connectivity index (χ3n) is 3.50. The van der Waals surface area contributed by atoms with Crippen LogP contribution in [0.25, 0.3) is 10.2 Å². The van der Waals surface area contributed by atoms with Gasteiger partial charge in [-0.3, -0.25) is 9.59 Å². The highest BCUT2D eigenvalue weighted by atomic mass is 35.5. The summed E-state index contributed by atoms with van der Waals surface area (Å²) in [7, 11) is 1.65. The van der Waals surface area contributed by atoms with Crippen molar-refractivity contribution in [3.05, 3.63) is 56.4 Å². The molecule has 0 radical (unpaired) electrons. The number of rotatable bonds is 4. The van der Waals surface area contributed by atoms with E-state index >= 15 is 0 Å². The molecular formula is C16H14ClN3O2S2. The lowest BCUT2D eigenvalue weighted by molar-refractivity contribution is 0.0781. The fraction of sp³-hybridized carbons (Fsp3) is 0.188. The number of hydrogen-bond acceptors (Lipinski definition) is 5. The Hall–Kier alpha value is -1.83. The zero-order valence-electron chi connectivity index (χ0n) is 13.0. The van der Waals surface area contributed by atoms with Crippen molar-refractivity contribution in [2.45, 2.75) is 11.4 Å². The average Bonchev–Trinajstić information content (AvgIpc) is 3.03. The second-order valence-electron chi connectivity index (χ2n) is 5.15. The number of H-pyrrole nitrogens is 1. The summed E-state index contributed by atoms with van der Waals surface area (Å²) in [5.41, 5.74) is 0.889. The molecule has 1 aromatic carbocycles. The van der Waals surface area contributed by atoms with Crippen molar-refractivity contribution < 1.29 is 4.79 Å². The van der Waals surface area contributed by atoms with Gasteiger partial charge in [-0.2, -0.15) is 0 Å². The summed E-state index contributed by atoms with van der Waals surface area (Å²) in [5.74, 6) is 0.225. The third kappa shape index (κ3) is 3.33. The van der Waals surface area contributed by atoms with Crippen LogP contribution in [0.4, 0.5) is 0 Å². The lowest BCUT2D eigenvalue weighted by Crippen LogP contribution is -2.28. The molecule has 24 heavy (non-hydrogen) atoms. The van der Waals surface area contributed by atoms with Crippen molar-refractivity contribution in [2.75, 3.05) is 13.3 Å². The van der Waals surface area contributed by atoms with E-state index in [2.05, 4.69) is 9.97 Å². The number of hydrogen-bond donors (Lipinski definition) is 1. The van der Waals surface area contributed by atoms with Crippen LogP contribution in [-0.4, -0.2) is 34.1 Å². The minimum atomic E-state index is -0.219. The fourth-order valence-corrected chi connectivity index (χ4v) is 3.66.